The molecule has 4 nitrogen and oxygen atoms in total. The number of likely N-dealkylation sites (N-methyl/N-ethyl adjacent to an activating group) is 1. The smallest absolute Gasteiger partial charge is 0.260 e. The molecule has 1 amide bonds. The molecule has 0 atom stereocenters. The van der Waals surface area contributed by atoms with Gasteiger partial charge in [-0.25, -0.2) is 4.39 Å². The van der Waals surface area contributed by atoms with Crippen molar-refractivity contribution in [1.29, 1.82) is 0 Å². The van der Waals surface area contributed by atoms with E-state index in [0.29, 0.717) is 23.7 Å². The normalized spacial score (nSPS) is 9.89. The highest BCUT2D eigenvalue weighted by Crippen LogP contribution is 2.11. The van der Waals surface area contributed by atoms with Gasteiger partial charge in [-0.05, 0) is 12.1 Å². The highest BCUT2D eigenvalue weighted by Gasteiger charge is 2.09. The van der Waals surface area contributed by atoms with E-state index in [9.17, 15) is 9.18 Å². The van der Waals surface area contributed by atoms with Gasteiger partial charge in [0.2, 0.25) is 0 Å². The Balaban J connectivity index is 2.38. The number of ether oxygens (including phenoxy) is 1. The zero-order chi connectivity index (χ0) is 13.5. The number of amides is 1. The average Bonchev–Trinajstić information content (AvgIpc) is 2.33. The van der Waals surface area contributed by atoms with Gasteiger partial charge in [-0.3, -0.25) is 4.79 Å². The highest BCUT2D eigenvalue weighted by atomic mass is 32.1. The minimum atomic E-state index is -0.401. The summed E-state index contributed by atoms with van der Waals surface area (Å²) in [5.41, 5.74) is 5.34. The van der Waals surface area contributed by atoms with Gasteiger partial charge in [0.15, 0.2) is 6.61 Å². The lowest BCUT2D eigenvalue weighted by atomic mass is 10.3. The molecule has 0 saturated heterocycles. The van der Waals surface area contributed by atoms with Crippen LogP contribution in [0.15, 0.2) is 24.3 Å². The van der Waals surface area contributed by atoms with Crippen molar-refractivity contribution in [2.24, 2.45) is 5.73 Å². The lowest BCUT2D eigenvalue weighted by Crippen LogP contribution is -2.33. The number of carbonyl (C=O) groups excluding carboxylic acids is 1. The lowest BCUT2D eigenvalue weighted by Gasteiger charge is -2.16. The molecular formula is C12H15FN2O2S. The summed E-state index contributed by atoms with van der Waals surface area (Å²) in [4.78, 5) is 13.5. The molecular weight excluding hydrogens is 255 g/mol. The second-order valence-corrected chi connectivity index (χ2v) is 4.30. The van der Waals surface area contributed by atoms with E-state index in [1.165, 1.54) is 23.1 Å². The summed E-state index contributed by atoms with van der Waals surface area (Å²) in [6, 6.07) is 5.64. The highest BCUT2D eigenvalue weighted by molar-refractivity contribution is 7.80. The number of nitrogens with zero attached hydrogens (tertiary/aromatic N) is 1. The van der Waals surface area contributed by atoms with Crippen LogP contribution in [0.25, 0.3) is 0 Å². The molecule has 1 aromatic carbocycles. The quantitative estimate of drug-likeness (QED) is 0.793. The molecule has 0 unspecified atom stereocenters. The summed E-state index contributed by atoms with van der Waals surface area (Å²) in [6.07, 6.45) is 0.470. The second-order valence-electron chi connectivity index (χ2n) is 3.78. The van der Waals surface area contributed by atoms with Crippen LogP contribution in [-0.4, -0.2) is 36.0 Å². The Morgan fingerprint density at radius 3 is 2.89 bits per heavy atom. The summed E-state index contributed by atoms with van der Waals surface area (Å²) < 4.78 is 18.0. The molecule has 0 bridgehead atoms. The van der Waals surface area contributed by atoms with Gasteiger partial charge >= 0.3 is 0 Å². The van der Waals surface area contributed by atoms with Gasteiger partial charge in [0.1, 0.15) is 11.6 Å². The van der Waals surface area contributed by atoms with E-state index in [2.05, 4.69) is 0 Å². The Morgan fingerprint density at radius 1 is 1.56 bits per heavy atom. The van der Waals surface area contributed by atoms with Crippen molar-refractivity contribution >= 4 is 23.1 Å². The summed E-state index contributed by atoms with van der Waals surface area (Å²) in [5, 5.41) is 0. The lowest BCUT2D eigenvalue weighted by molar-refractivity contribution is -0.131. The van der Waals surface area contributed by atoms with Gasteiger partial charge in [0.05, 0.1) is 4.99 Å². The maximum Gasteiger partial charge on any atom is 0.260 e. The van der Waals surface area contributed by atoms with Crippen LogP contribution < -0.4 is 10.5 Å². The minimum absolute atomic E-state index is 0.142. The first-order chi connectivity index (χ1) is 8.49. The van der Waals surface area contributed by atoms with E-state index in [-0.39, 0.29) is 12.5 Å². The first-order valence-electron chi connectivity index (χ1n) is 5.39. The molecule has 0 spiro atoms. The largest absolute Gasteiger partial charge is 0.484 e. The number of hydrogen-bond donors (Lipinski definition) is 1. The second kappa shape index (κ2) is 6.90. The molecule has 0 heterocycles. The number of thiocarbonyl (C=S) groups is 1. The first-order valence-corrected chi connectivity index (χ1v) is 5.80. The maximum absolute atomic E-state index is 12.9. The third-order valence-electron chi connectivity index (χ3n) is 2.28. The van der Waals surface area contributed by atoms with Gasteiger partial charge in [-0.15, -0.1) is 0 Å². The predicted molar refractivity (Wildman–Crippen MR) is 70.9 cm³/mol. The van der Waals surface area contributed by atoms with Gasteiger partial charge in [-0.1, -0.05) is 18.3 Å². The standard InChI is InChI=1S/C12H15FN2O2S/c1-15(6-5-11(14)18)12(16)8-17-10-4-2-3-9(13)7-10/h2-4,7H,5-6,8H2,1H3,(H2,14,18). The van der Waals surface area contributed by atoms with Crippen LogP contribution in [0, 0.1) is 5.82 Å². The maximum atomic E-state index is 12.9. The Hall–Kier alpha value is -1.69. The molecule has 0 saturated carbocycles. The molecule has 0 fully saturated rings. The van der Waals surface area contributed by atoms with Crippen LogP contribution in [0.2, 0.25) is 0 Å². The molecule has 0 aromatic heterocycles. The number of nitrogens with two attached hydrogens (primary N) is 1. The Morgan fingerprint density at radius 2 is 2.28 bits per heavy atom. The third kappa shape index (κ3) is 5.09. The fourth-order valence-electron chi connectivity index (χ4n) is 1.21. The van der Waals surface area contributed by atoms with E-state index in [4.69, 9.17) is 22.7 Å². The molecule has 2 N–H and O–H groups in total. The molecule has 0 radical (unpaired) electrons. The van der Waals surface area contributed by atoms with E-state index < -0.39 is 5.82 Å². The summed E-state index contributed by atoms with van der Waals surface area (Å²) in [5.74, 6) is -0.289. The third-order valence-corrected chi connectivity index (χ3v) is 2.48. The molecule has 0 aliphatic rings. The Bertz CT molecular complexity index is 440. The number of rotatable bonds is 6. The summed E-state index contributed by atoms with van der Waals surface area (Å²) >= 11 is 4.72. The summed E-state index contributed by atoms with van der Waals surface area (Å²) in [6.45, 7) is 0.304. The van der Waals surface area contributed by atoms with E-state index in [1.807, 2.05) is 0 Å². The fraction of sp³-hybridized carbons (Fsp3) is 0.333. The van der Waals surface area contributed by atoms with Crippen molar-refractivity contribution in [2.75, 3.05) is 20.2 Å². The first kappa shape index (κ1) is 14.4. The van der Waals surface area contributed by atoms with Crippen molar-refractivity contribution in [3.8, 4) is 5.75 Å². The molecule has 6 heteroatoms. The van der Waals surface area contributed by atoms with E-state index >= 15 is 0 Å². The van der Waals surface area contributed by atoms with Crippen molar-refractivity contribution in [2.45, 2.75) is 6.42 Å². The van der Waals surface area contributed by atoms with E-state index in [1.54, 1.807) is 13.1 Å². The van der Waals surface area contributed by atoms with Crippen molar-refractivity contribution in [3.05, 3.63) is 30.1 Å². The van der Waals surface area contributed by atoms with Gasteiger partial charge in [0.25, 0.3) is 5.91 Å². The van der Waals surface area contributed by atoms with E-state index in [0.717, 1.165) is 0 Å². The minimum Gasteiger partial charge on any atom is -0.484 e. The van der Waals surface area contributed by atoms with Crippen LogP contribution in [0.5, 0.6) is 5.75 Å². The Labute approximate surface area is 111 Å². The van der Waals surface area contributed by atoms with Crippen molar-refractivity contribution in [1.82, 2.24) is 4.90 Å². The van der Waals surface area contributed by atoms with Crippen molar-refractivity contribution in [3.63, 3.8) is 0 Å². The van der Waals surface area contributed by atoms with Crippen LogP contribution in [0.3, 0.4) is 0 Å². The molecule has 1 aromatic rings. The number of hydrogen-bond acceptors (Lipinski definition) is 3. The SMILES string of the molecule is CN(CCC(N)=S)C(=O)COc1cccc(F)c1. The van der Waals surface area contributed by atoms with Gasteiger partial charge < -0.3 is 15.4 Å². The van der Waals surface area contributed by atoms with Gasteiger partial charge in [0, 0.05) is 26.1 Å². The number of benzene rings is 1. The molecule has 18 heavy (non-hydrogen) atoms. The zero-order valence-corrected chi connectivity index (χ0v) is 10.9. The Kier molecular flexibility index (Phi) is 5.51. The number of halogens is 1. The predicted octanol–water partition coefficient (Wildman–Crippen LogP) is 1.34. The zero-order valence-electron chi connectivity index (χ0n) is 10.1. The summed E-state index contributed by atoms with van der Waals surface area (Å²) in [7, 11) is 1.63. The fourth-order valence-corrected chi connectivity index (χ4v) is 1.31. The molecule has 0 aliphatic carbocycles. The molecule has 98 valence electrons. The van der Waals surface area contributed by atoms with Crippen LogP contribution >= 0.6 is 12.2 Å². The van der Waals surface area contributed by atoms with Crippen molar-refractivity contribution < 1.29 is 13.9 Å². The topological polar surface area (TPSA) is 55.6 Å². The average molecular weight is 270 g/mol. The monoisotopic (exact) mass is 270 g/mol. The van der Waals surface area contributed by atoms with Gasteiger partial charge in [-0.2, -0.15) is 0 Å². The van der Waals surface area contributed by atoms with Crippen LogP contribution in [-0.2, 0) is 4.79 Å². The van der Waals surface area contributed by atoms with Crippen LogP contribution in [0.4, 0.5) is 4.39 Å². The molecule has 1 rings (SSSR count). The number of carbonyl (C=O) groups is 1. The van der Waals surface area contributed by atoms with Crippen LogP contribution in [0.1, 0.15) is 6.42 Å². The molecule has 0 aliphatic heterocycles.